The monoisotopic (exact) mass is 303 g/mol. The summed E-state index contributed by atoms with van der Waals surface area (Å²) >= 11 is 3.04. The van der Waals surface area contributed by atoms with Crippen LogP contribution in [0.1, 0.15) is 24.4 Å². The van der Waals surface area contributed by atoms with E-state index < -0.39 is 17.7 Å². The van der Waals surface area contributed by atoms with Crippen LogP contribution in [0.4, 0.5) is 8.78 Å². The molecule has 2 nitrogen and oxygen atoms in total. The normalized spacial score (nSPS) is 17.3. The van der Waals surface area contributed by atoms with Crippen molar-refractivity contribution in [2.24, 2.45) is 5.73 Å². The molecule has 2 rings (SSSR count). The van der Waals surface area contributed by atoms with Gasteiger partial charge in [0.1, 0.15) is 0 Å². The smallest absolute Gasteiger partial charge is 0.173 e. The van der Waals surface area contributed by atoms with Gasteiger partial charge in [0.15, 0.2) is 11.6 Å². The van der Waals surface area contributed by atoms with E-state index in [2.05, 4.69) is 15.9 Å². The van der Waals surface area contributed by atoms with Crippen LogP contribution in [0.15, 0.2) is 28.4 Å². The molecule has 17 heavy (non-hydrogen) atoms. The summed E-state index contributed by atoms with van der Waals surface area (Å²) in [5.74, 6) is -1.79. The molecule has 0 amide bonds. The van der Waals surface area contributed by atoms with Gasteiger partial charge in [-0.1, -0.05) is 6.07 Å². The molecule has 5 heteroatoms. The fraction of sp³-hybridized carbons (Fsp3) is 0.333. The average Bonchev–Trinajstić information content (AvgIpc) is 2.36. The second kappa shape index (κ2) is 5.14. The zero-order valence-corrected chi connectivity index (χ0v) is 10.6. The third-order valence-electron chi connectivity index (χ3n) is 2.76. The molecule has 1 unspecified atom stereocenters. The van der Waals surface area contributed by atoms with E-state index in [9.17, 15) is 8.78 Å². The zero-order chi connectivity index (χ0) is 12.4. The first kappa shape index (κ1) is 12.5. The minimum Gasteiger partial charge on any atom is -0.501 e. The molecule has 0 aromatic heterocycles. The van der Waals surface area contributed by atoms with Gasteiger partial charge in [-0.25, -0.2) is 8.78 Å². The third-order valence-corrected chi connectivity index (χ3v) is 3.57. The van der Waals surface area contributed by atoms with Crippen molar-refractivity contribution in [3.8, 4) is 0 Å². The maximum atomic E-state index is 13.4. The molecule has 1 heterocycles. The molecule has 1 aliphatic rings. The Bertz CT molecular complexity index is 462. The minimum absolute atomic E-state index is 0.0801. The molecule has 2 N–H and O–H groups in total. The van der Waals surface area contributed by atoms with Crippen LogP contribution in [0.2, 0.25) is 0 Å². The molecule has 92 valence electrons. The van der Waals surface area contributed by atoms with Crippen LogP contribution < -0.4 is 5.73 Å². The number of nitrogens with two attached hydrogens (primary N) is 1. The van der Waals surface area contributed by atoms with Gasteiger partial charge >= 0.3 is 0 Å². The van der Waals surface area contributed by atoms with Gasteiger partial charge in [-0.15, -0.1) is 0 Å². The van der Waals surface area contributed by atoms with Crippen LogP contribution in [-0.2, 0) is 4.74 Å². The van der Waals surface area contributed by atoms with E-state index in [0.29, 0.717) is 12.2 Å². The van der Waals surface area contributed by atoms with Crippen LogP contribution >= 0.6 is 15.9 Å². The Hall–Kier alpha value is -0.940. The summed E-state index contributed by atoms with van der Waals surface area (Å²) in [5, 5.41) is 0. The maximum Gasteiger partial charge on any atom is 0.173 e. The molecule has 1 atom stereocenters. The Morgan fingerprint density at radius 3 is 2.76 bits per heavy atom. The second-order valence-electron chi connectivity index (χ2n) is 3.91. The summed E-state index contributed by atoms with van der Waals surface area (Å²) < 4.78 is 31.6. The second-order valence-corrected chi connectivity index (χ2v) is 4.70. The predicted molar refractivity (Wildman–Crippen MR) is 64.3 cm³/mol. The Morgan fingerprint density at radius 2 is 2.12 bits per heavy atom. The summed E-state index contributed by atoms with van der Waals surface area (Å²) in [6.07, 6.45) is 3.31. The molecule has 0 radical (unpaired) electrons. The number of ether oxygens (including phenoxy) is 1. The summed E-state index contributed by atoms with van der Waals surface area (Å²) in [6.45, 7) is 0.676. The van der Waals surface area contributed by atoms with Crippen molar-refractivity contribution >= 4 is 15.9 Å². The number of rotatable bonds is 2. The lowest BCUT2D eigenvalue weighted by Gasteiger charge is -2.21. The van der Waals surface area contributed by atoms with Crippen molar-refractivity contribution in [1.29, 1.82) is 0 Å². The minimum atomic E-state index is -0.907. The Morgan fingerprint density at radius 1 is 1.35 bits per heavy atom. The highest BCUT2D eigenvalue weighted by Gasteiger charge is 2.20. The van der Waals surface area contributed by atoms with Gasteiger partial charge < -0.3 is 10.5 Å². The Balaban J connectivity index is 2.34. The quantitative estimate of drug-likeness (QED) is 0.850. The number of halogens is 3. The molecule has 0 saturated carbocycles. The fourth-order valence-electron chi connectivity index (χ4n) is 1.79. The van der Waals surface area contributed by atoms with E-state index in [1.807, 2.05) is 0 Å². The predicted octanol–water partition coefficient (Wildman–Crippen LogP) is 3.42. The summed E-state index contributed by atoms with van der Waals surface area (Å²) in [6, 6.07) is 2.10. The molecule has 0 bridgehead atoms. The standard InChI is InChI=1S/C12H12BrF2NO/c13-10-8(3-4-9(14)11(10)15)12(16)7-2-1-5-17-6-7/h3-4,6,12H,1-2,5,16H2. The van der Waals surface area contributed by atoms with Gasteiger partial charge in [0.05, 0.1) is 23.4 Å². The average molecular weight is 304 g/mol. The Labute approximate surface area is 107 Å². The van der Waals surface area contributed by atoms with Gasteiger partial charge in [0, 0.05) is 0 Å². The molecule has 1 aromatic rings. The van der Waals surface area contributed by atoms with Gasteiger partial charge in [0.2, 0.25) is 0 Å². The summed E-state index contributed by atoms with van der Waals surface area (Å²) in [4.78, 5) is 0. The SMILES string of the molecule is NC(C1=COCCC1)c1ccc(F)c(F)c1Br. The van der Waals surface area contributed by atoms with E-state index in [4.69, 9.17) is 10.5 Å². The topological polar surface area (TPSA) is 35.2 Å². The third kappa shape index (κ3) is 2.50. The molecule has 0 saturated heterocycles. The molecule has 0 fully saturated rings. The molecule has 1 aromatic carbocycles. The van der Waals surface area contributed by atoms with Crippen LogP contribution in [0.25, 0.3) is 0 Å². The van der Waals surface area contributed by atoms with Crippen LogP contribution in [0.5, 0.6) is 0 Å². The number of hydrogen-bond donors (Lipinski definition) is 1. The van der Waals surface area contributed by atoms with Crippen molar-refractivity contribution < 1.29 is 13.5 Å². The molecule has 1 aliphatic heterocycles. The van der Waals surface area contributed by atoms with Gasteiger partial charge in [0.25, 0.3) is 0 Å². The largest absolute Gasteiger partial charge is 0.501 e. The molecule has 0 spiro atoms. The lowest BCUT2D eigenvalue weighted by Crippen LogP contribution is -2.17. The van der Waals surface area contributed by atoms with Crippen molar-refractivity contribution in [3.05, 3.63) is 45.6 Å². The molecule has 0 aliphatic carbocycles. The van der Waals surface area contributed by atoms with E-state index in [1.54, 1.807) is 6.26 Å². The van der Waals surface area contributed by atoms with Crippen LogP contribution in [0.3, 0.4) is 0 Å². The van der Waals surface area contributed by atoms with Gasteiger partial charge in [-0.2, -0.15) is 0 Å². The van der Waals surface area contributed by atoms with Crippen molar-refractivity contribution in [2.75, 3.05) is 6.61 Å². The zero-order valence-electron chi connectivity index (χ0n) is 9.05. The van der Waals surface area contributed by atoms with Crippen LogP contribution in [-0.4, -0.2) is 6.61 Å². The molecular formula is C12H12BrF2NO. The van der Waals surface area contributed by atoms with E-state index in [0.717, 1.165) is 24.5 Å². The highest BCUT2D eigenvalue weighted by atomic mass is 79.9. The first-order valence-electron chi connectivity index (χ1n) is 5.30. The van der Waals surface area contributed by atoms with Gasteiger partial charge in [-0.3, -0.25) is 0 Å². The Kier molecular flexibility index (Phi) is 3.79. The fourth-order valence-corrected chi connectivity index (χ4v) is 2.36. The van der Waals surface area contributed by atoms with E-state index >= 15 is 0 Å². The van der Waals surface area contributed by atoms with Crippen molar-refractivity contribution in [2.45, 2.75) is 18.9 Å². The molecular weight excluding hydrogens is 292 g/mol. The van der Waals surface area contributed by atoms with Crippen molar-refractivity contribution in [3.63, 3.8) is 0 Å². The first-order chi connectivity index (χ1) is 8.11. The lowest BCUT2D eigenvalue weighted by molar-refractivity contribution is 0.221. The highest BCUT2D eigenvalue weighted by Crippen LogP contribution is 2.32. The summed E-state index contributed by atoms with van der Waals surface area (Å²) in [5.41, 5.74) is 7.44. The van der Waals surface area contributed by atoms with Crippen molar-refractivity contribution in [1.82, 2.24) is 0 Å². The van der Waals surface area contributed by atoms with Crippen LogP contribution in [0, 0.1) is 11.6 Å². The van der Waals surface area contributed by atoms with Gasteiger partial charge in [-0.05, 0) is 46.0 Å². The van der Waals surface area contributed by atoms with E-state index in [1.165, 1.54) is 6.07 Å². The number of benzene rings is 1. The highest BCUT2D eigenvalue weighted by molar-refractivity contribution is 9.10. The summed E-state index contributed by atoms with van der Waals surface area (Å²) in [7, 11) is 0. The maximum absolute atomic E-state index is 13.4. The first-order valence-corrected chi connectivity index (χ1v) is 6.10. The lowest BCUT2D eigenvalue weighted by atomic mass is 9.96. The number of hydrogen-bond acceptors (Lipinski definition) is 2. The van der Waals surface area contributed by atoms with E-state index in [-0.39, 0.29) is 4.47 Å².